The first-order valence-corrected chi connectivity index (χ1v) is 14.7. The average Bonchev–Trinajstić information content (AvgIpc) is 3.26. The molecule has 2 amide bonds. The van der Waals surface area contributed by atoms with Crippen LogP contribution >= 0.6 is 0 Å². The number of imide groups is 1. The number of hydrogen-bond donors (Lipinski definition) is 1. The Morgan fingerprint density at radius 3 is 2.10 bits per heavy atom. The van der Waals surface area contributed by atoms with Crippen molar-refractivity contribution in [2.75, 3.05) is 51.3 Å². The first-order chi connectivity index (χ1) is 20.4. The van der Waals surface area contributed by atoms with Gasteiger partial charge >= 0.3 is 0 Å². The molecule has 2 bridgehead atoms. The predicted molar refractivity (Wildman–Crippen MR) is 158 cm³/mol. The molecule has 2 heterocycles. The number of Topliss-reactive ketones (excluding diaryl/α,β-unsaturated/α-hetero) is 1. The zero-order chi connectivity index (χ0) is 29.2. The Hall–Kier alpha value is -4.01. The molecule has 8 heteroatoms. The quantitative estimate of drug-likeness (QED) is 0.441. The van der Waals surface area contributed by atoms with E-state index in [1.807, 2.05) is 72.8 Å². The minimum atomic E-state index is -1.21. The highest BCUT2D eigenvalue weighted by Crippen LogP contribution is 2.64. The topological polar surface area (TPSA) is 90.4 Å². The second-order valence-electron chi connectivity index (χ2n) is 11.9. The van der Waals surface area contributed by atoms with E-state index in [1.165, 1.54) is 11.8 Å². The molecule has 216 valence electrons. The number of benzene rings is 3. The van der Waals surface area contributed by atoms with Gasteiger partial charge in [0.1, 0.15) is 11.5 Å². The molecule has 2 fully saturated rings. The van der Waals surface area contributed by atoms with Crippen LogP contribution in [0.2, 0.25) is 0 Å². The van der Waals surface area contributed by atoms with Gasteiger partial charge in [0.05, 0.1) is 42.7 Å². The van der Waals surface area contributed by atoms with Crippen LogP contribution in [0.25, 0.3) is 0 Å². The summed E-state index contributed by atoms with van der Waals surface area (Å²) in [6, 6.07) is 23.5. The molecule has 3 aliphatic carbocycles. The highest BCUT2D eigenvalue weighted by Gasteiger charge is 2.69. The maximum absolute atomic E-state index is 14.2. The number of ketones is 1. The van der Waals surface area contributed by atoms with Crippen molar-refractivity contribution < 1.29 is 24.2 Å². The minimum absolute atomic E-state index is 0.0786. The molecule has 3 aromatic rings. The molecule has 1 N–H and O–H groups in total. The molecule has 0 unspecified atom stereocenters. The third-order valence-electron chi connectivity index (χ3n) is 9.93. The summed E-state index contributed by atoms with van der Waals surface area (Å²) < 4.78 is 5.52. The summed E-state index contributed by atoms with van der Waals surface area (Å²) in [6.07, 6.45) is -0.897. The van der Waals surface area contributed by atoms with Gasteiger partial charge in [0.25, 0.3) is 0 Å². The summed E-state index contributed by atoms with van der Waals surface area (Å²) in [7, 11) is 1.67. The largest absolute Gasteiger partial charge is 0.495 e. The SMILES string of the molecule is COc1ccccc1N1CCN(C[C@H](O)CN2C(=O)[C@@H]3C4c5ccccc5C(C(C)=O)(c5ccccc54)[C@@H]3C2=O)CC1. The molecule has 8 rings (SSSR count). The number of para-hydroxylation sites is 2. The fourth-order valence-corrected chi connectivity index (χ4v) is 8.24. The Kier molecular flexibility index (Phi) is 6.44. The predicted octanol–water partition coefficient (Wildman–Crippen LogP) is 2.81. The van der Waals surface area contributed by atoms with Gasteiger partial charge in [0, 0.05) is 38.6 Å². The van der Waals surface area contributed by atoms with E-state index in [9.17, 15) is 19.5 Å². The van der Waals surface area contributed by atoms with Gasteiger partial charge in [-0.1, -0.05) is 60.7 Å². The summed E-state index contributed by atoms with van der Waals surface area (Å²) >= 11 is 0. The van der Waals surface area contributed by atoms with Gasteiger partial charge in [0.15, 0.2) is 0 Å². The van der Waals surface area contributed by atoms with E-state index < -0.39 is 23.4 Å². The number of carbonyl (C=O) groups excluding carboxylic acids is 3. The highest BCUT2D eigenvalue weighted by atomic mass is 16.5. The van der Waals surface area contributed by atoms with Crippen LogP contribution in [0.15, 0.2) is 72.8 Å². The first kappa shape index (κ1) is 26.9. The molecule has 2 aliphatic heterocycles. The van der Waals surface area contributed by atoms with Crippen LogP contribution in [0.4, 0.5) is 5.69 Å². The van der Waals surface area contributed by atoms with Crippen LogP contribution in [0.3, 0.4) is 0 Å². The third-order valence-corrected chi connectivity index (χ3v) is 9.93. The molecule has 0 aromatic heterocycles. The van der Waals surface area contributed by atoms with Crippen molar-refractivity contribution >= 4 is 23.3 Å². The van der Waals surface area contributed by atoms with E-state index in [0.717, 1.165) is 59.9 Å². The number of aliphatic hydroxyl groups is 1. The molecule has 8 nitrogen and oxygen atoms in total. The molecular formula is C34H35N3O5. The van der Waals surface area contributed by atoms with Crippen molar-refractivity contribution in [1.82, 2.24) is 9.80 Å². The normalized spacial score (nSPS) is 27.0. The van der Waals surface area contributed by atoms with Gasteiger partial charge in [0.2, 0.25) is 11.8 Å². The van der Waals surface area contributed by atoms with Crippen LogP contribution in [-0.2, 0) is 19.8 Å². The summed E-state index contributed by atoms with van der Waals surface area (Å²) in [5.41, 5.74) is 3.39. The van der Waals surface area contributed by atoms with E-state index in [1.54, 1.807) is 7.11 Å². The number of amides is 2. The molecule has 0 saturated carbocycles. The van der Waals surface area contributed by atoms with Crippen molar-refractivity contribution in [3.05, 3.63) is 95.1 Å². The number of carbonyl (C=O) groups is 3. The zero-order valence-corrected chi connectivity index (χ0v) is 23.9. The number of likely N-dealkylation sites (tertiary alicyclic amines) is 1. The Labute approximate surface area is 245 Å². The number of aliphatic hydroxyl groups excluding tert-OH is 1. The van der Waals surface area contributed by atoms with Crippen LogP contribution in [0.1, 0.15) is 35.1 Å². The van der Waals surface area contributed by atoms with Crippen LogP contribution in [0.5, 0.6) is 5.75 Å². The van der Waals surface area contributed by atoms with Gasteiger partial charge in [-0.3, -0.25) is 24.2 Å². The second-order valence-corrected chi connectivity index (χ2v) is 11.9. The summed E-state index contributed by atoms with van der Waals surface area (Å²) in [4.78, 5) is 47.6. The van der Waals surface area contributed by atoms with Crippen LogP contribution in [0, 0.1) is 11.8 Å². The lowest BCUT2D eigenvalue weighted by atomic mass is 9.46. The number of piperazine rings is 1. The number of methoxy groups -OCH3 is 1. The van der Waals surface area contributed by atoms with E-state index in [-0.39, 0.29) is 30.1 Å². The maximum atomic E-state index is 14.2. The maximum Gasteiger partial charge on any atom is 0.234 e. The number of β-amino-alcohol motifs (C(OH)–C–C–N with tert-alkyl or cyclic N) is 1. The van der Waals surface area contributed by atoms with Crippen LogP contribution in [-0.4, -0.2) is 85.0 Å². The summed E-state index contributed by atoms with van der Waals surface area (Å²) in [5.74, 6) is -1.71. The van der Waals surface area contributed by atoms with Gasteiger partial charge in [-0.15, -0.1) is 0 Å². The summed E-state index contributed by atoms with van der Waals surface area (Å²) in [6.45, 7) is 4.84. The summed E-state index contributed by atoms with van der Waals surface area (Å²) in [5, 5.41) is 11.2. The van der Waals surface area contributed by atoms with Gasteiger partial charge in [-0.2, -0.15) is 0 Å². The van der Waals surface area contributed by atoms with E-state index in [0.29, 0.717) is 6.54 Å². The van der Waals surface area contributed by atoms with Crippen molar-refractivity contribution in [3.8, 4) is 5.75 Å². The molecule has 3 atom stereocenters. The smallest absolute Gasteiger partial charge is 0.234 e. The van der Waals surface area contributed by atoms with Gasteiger partial charge in [-0.25, -0.2) is 0 Å². The number of rotatable bonds is 7. The first-order valence-electron chi connectivity index (χ1n) is 14.7. The molecule has 42 heavy (non-hydrogen) atoms. The fourth-order valence-electron chi connectivity index (χ4n) is 8.24. The van der Waals surface area contributed by atoms with E-state index >= 15 is 0 Å². The van der Waals surface area contributed by atoms with E-state index in [2.05, 4.69) is 9.80 Å². The molecule has 3 aromatic carbocycles. The Bertz CT molecular complexity index is 1530. The Balaban J connectivity index is 1.12. The van der Waals surface area contributed by atoms with Crippen molar-refractivity contribution in [2.24, 2.45) is 11.8 Å². The molecule has 2 saturated heterocycles. The van der Waals surface area contributed by atoms with Crippen molar-refractivity contribution in [2.45, 2.75) is 24.4 Å². The fraction of sp³-hybridized carbons (Fsp3) is 0.382. The van der Waals surface area contributed by atoms with Crippen LogP contribution < -0.4 is 9.64 Å². The minimum Gasteiger partial charge on any atom is -0.495 e. The lowest BCUT2D eigenvalue weighted by molar-refractivity contribution is -0.143. The number of ether oxygens (including phenoxy) is 1. The Morgan fingerprint density at radius 2 is 1.48 bits per heavy atom. The molecule has 0 spiro atoms. The van der Waals surface area contributed by atoms with Crippen molar-refractivity contribution in [3.63, 3.8) is 0 Å². The monoisotopic (exact) mass is 565 g/mol. The number of nitrogens with zero attached hydrogens (tertiary/aromatic N) is 3. The van der Waals surface area contributed by atoms with Gasteiger partial charge < -0.3 is 14.7 Å². The Morgan fingerprint density at radius 1 is 0.881 bits per heavy atom. The molecule has 0 radical (unpaired) electrons. The second kappa shape index (κ2) is 10.1. The average molecular weight is 566 g/mol. The molecular weight excluding hydrogens is 530 g/mol. The zero-order valence-electron chi connectivity index (χ0n) is 23.9. The molecule has 5 aliphatic rings. The van der Waals surface area contributed by atoms with Crippen molar-refractivity contribution in [1.29, 1.82) is 0 Å². The lowest BCUT2D eigenvalue weighted by Gasteiger charge is -2.52. The number of anilines is 1. The lowest BCUT2D eigenvalue weighted by Crippen LogP contribution is -2.57. The van der Waals surface area contributed by atoms with Gasteiger partial charge in [-0.05, 0) is 41.3 Å². The van der Waals surface area contributed by atoms with E-state index in [4.69, 9.17) is 4.74 Å². The standard InChI is InChI=1S/C34H35N3O5/c1-21(38)34-25-11-5-3-9-23(25)29(24-10-4-6-12-26(24)34)30-31(34)33(41)37(32(30)40)20-22(39)19-35-15-17-36(18-16-35)27-13-7-8-14-28(27)42-2/h3-14,22,29-31,39H,15-20H2,1-2H3/t22-,29?,30+,31-,34?/m0/s1. The number of hydrogen-bond acceptors (Lipinski definition) is 7. The third kappa shape index (κ3) is 3.71. The highest BCUT2D eigenvalue weighted by molar-refractivity contribution is 6.13.